The van der Waals surface area contributed by atoms with Gasteiger partial charge >= 0.3 is 0 Å². The first-order valence-electron chi connectivity index (χ1n) is 12.9. The number of nitrogens with zero attached hydrogens (tertiary/aromatic N) is 4. The molecule has 4 heterocycles. The van der Waals surface area contributed by atoms with E-state index in [1.165, 1.54) is 11.1 Å². The Morgan fingerprint density at radius 3 is 2.55 bits per heavy atom. The summed E-state index contributed by atoms with van der Waals surface area (Å²) in [5.74, 6) is 5.86. The molecule has 1 aromatic carbocycles. The van der Waals surface area contributed by atoms with Crippen LogP contribution in [0.1, 0.15) is 56.5 Å². The van der Waals surface area contributed by atoms with Gasteiger partial charge < -0.3 is 25.2 Å². The summed E-state index contributed by atoms with van der Waals surface area (Å²) in [5, 5.41) is 13.2. The van der Waals surface area contributed by atoms with Gasteiger partial charge in [0.05, 0.1) is 39.6 Å². The van der Waals surface area contributed by atoms with Gasteiger partial charge in [0.25, 0.3) is 0 Å². The van der Waals surface area contributed by atoms with Crippen molar-refractivity contribution in [3.05, 3.63) is 77.1 Å². The number of nitrogens with two attached hydrogens (primary N) is 2. The molecule has 38 heavy (non-hydrogen) atoms. The van der Waals surface area contributed by atoms with Crippen molar-refractivity contribution in [3.8, 4) is 0 Å². The van der Waals surface area contributed by atoms with Crippen LogP contribution >= 0.6 is 0 Å². The number of aromatic nitrogens is 3. The third-order valence-electron chi connectivity index (χ3n) is 7.40. The van der Waals surface area contributed by atoms with E-state index in [1.54, 1.807) is 46.3 Å². The smallest absolute Gasteiger partial charge is 0.146 e. The Morgan fingerprint density at radius 1 is 1.18 bits per heavy atom. The van der Waals surface area contributed by atoms with E-state index in [0.717, 1.165) is 45.9 Å². The van der Waals surface area contributed by atoms with Crippen molar-refractivity contribution in [3.63, 3.8) is 0 Å². The lowest BCUT2D eigenvalue weighted by Gasteiger charge is -2.32. The van der Waals surface area contributed by atoms with E-state index in [-0.39, 0.29) is 11.7 Å². The Morgan fingerprint density at radius 2 is 1.92 bits per heavy atom. The van der Waals surface area contributed by atoms with E-state index in [0.29, 0.717) is 30.3 Å². The Balaban J connectivity index is 1.89. The van der Waals surface area contributed by atoms with Crippen LogP contribution in [0.15, 0.2) is 54.5 Å². The second-order valence-corrected chi connectivity index (χ2v) is 10.7. The zero-order chi connectivity index (χ0) is 27.2. The van der Waals surface area contributed by atoms with Crippen LogP contribution in [-0.4, -0.2) is 44.9 Å². The van der Waals surface area contributed by atoms with Gasteiger partial charge in [-0.2, -0.15) is 0 Å². The highest BCUT2D eigenvalue weighted by Gasteiger charge is 2.33. The maximum Gasteiger partial charge on any atom is 0.146 e. The molecule has 1 aliphatic rings. The van der Waals surface area contributed by atoms with E-state index in [1.807, 2.05) is 24.3 Å². The molecule has 1 aliphatic heterocycles. The molecule has 1 unspecified atom stereocenters. The molecule has 1 atom stereocenters. The number of rotatable bonds is 6. The molecule has 4 aromatic rings. The molecular weight excluding hydrogens is 483 g/mol. The topological polar surface area (TPSA) is 115 Å². The van der Waals surface area contributed by atoms with Gasteiger partial charge in [-0.3, -0.25) is 9.97 Å². The molecule has 1 saturated heterocycles. The maximum atomic E-state index is 15.5. The van der Waals surface area contributed by atoms with Gasteiger partial charge in [-0.1, -0.05) is 12.1 Å². The number of benzene rings is 1. The lowest BCUT2D eigenvalue weighted by Crippen LogP contribution is -2.28. The summed E-state index contributed by atoms with van der Waals surface area (Å²) < 4.78 is 23.3. The molecule has 5 rings (SSSR count). The predicted molar refractivity (Wildman–Crippen MR) is 147 cm³/mol. The molecule has 0 spiro atoms. The number of hydrogen-bond acceptors (Lipinski definition) is 7. The standard InChI is InChI=1S/C29H35FN6O2/c1-17(31)27(35(4)32)19-14-24-25(34-16-19)21-8-7-20(29(2,3)37)15-23(21)36(24)28(18-9-12-38-13-10-18)26-22(30)6-5-11-33-26/h5-8,11,14-16,18,28,37H,9-10,12-13,31-32H2,1-4H3/b27-17-. The van der Waals surface area contributed by atoms with Crippen LogP contribution in [0.2, 0.25) is 0 Å². The van der Waals surface area contributed by atoms with E-state index in [4.69, 9.17) is 21.3 Å². The Labute approximate surface area is 221 Å². The minimum absolute atomic E-state index is 0.0739. The fraction of sp³-hybridized carbons (Fsp3) is 0.379. The molecular formula is C29H35FN6O2. The van der Waals surface area contributed by atoms with E-state index in [9.17, 15) is 5.11 Å². The van der Waals surface area contributed by atoms with Gasteiger partial charge in [0.15, 0.2) is 0 Å². The SMILES string of the molecule is C/C(N)=C(\c1cnc2c3ccc(C(C)(C)O)cc3n(C(c3ncccc3F)C3CCOCC3)c2c1)N(C)N. The summed E-state index contributed by atoms with van der Waals surface area (Å²) in [6, 6.07) is 10.5. The first-order valence-corrected chi connectivity index (χ1v) is 12.9. The molecule has 0 radical (unpaired) electrons. The van der Waals surface area contributed by atoms with E-state index < -0.39 is 11.6 Å². The quantitative estimate of drug-likeness (QED) is 0.256. The Kier molecular flexibility index (Phi) is 6.85. The van der Waals surface area contributed by atoms with Crippen molar-refractivity contribution < 1.29 is 14.2 Å². The molecule has 0 bridgehead atoms. The van der Waals surface area contributed by atoms with E-state index in [2.05, 4.69) is 9.55 Å². The van der Waals surface area contributed by atoms with Crippen molar-refractivity contribution in [1.29, 1.82) is 0 Å². The molecule has 9 heteroatoms. The highest BCUT2D eigenvalue weighted by molar-refractivity contribution is 6.06. The fourth-order valence-corrected chi connectivity index (χ4v) is 5.63. The molecule has 200 valence electrons. The van der Waals surface area contributed by atoms with Crippen molar-refractivity contribution in [1.82, 2.24) is 19.5 Å². The van der Waals surface area contributed by atoms with Gasteiger partial charge in [0.1, 0.15) is 5.82 Å². The zero-order valence-electron chi connectivity index (χ0n) is 22.3. The van der Waals surface area contributed by atoms with E-state index >= 15 is 4.39 Å². The first-order chi connectivity index (χ1) is 18.1. The number of fused-ring (bicyclic) bond motifs is 3. The summed E-state index contributed by atoms with van der Waals surface area (Å²) in [6.45, 7) is 6.50. The fourth-order valence-electron chi connectivity index (χ4n) is 5.63. The monoisotopic (exact) mass is 518 g/mol. The lowest BCUT2D eigenvalue weighted by molar-refractivity contribution is 0.0542. The van der Waals surface area contributed by atoms with Gasteiger partial charge in [-0.05, 0) is 69.4 Å². The molecule has 0 saturated carbocycles. The summed E-state index contributed by atoms with van der Waals surface area (Å²) in [5.41, 5.74) is 10.7. The van der Waals surface area contributed by atoms with Gasteiger partial charge in [-0.15, -0.1) is 0 Å². The summed E-state index contributed by atoms with van der Waals surface area (Å²) in [7, 11) is 1.73. The van der Waals surface area contributed by atoms with Gasteiger partial charge in [-0.25, -0.2) is 10.2 Å². The number of hydrogen-bond donors (Lipinski definition) is 3. The van der Waals surface area contributed by atoms with Crippen LogP contribution in [-0.2, 0) is 10.3 Å². The summed E-state index contributed by atoms with van der Waals surface area (Å²) in [6.07, 6.45) is 4.92. The second kappa shape index (κ2) is 9.98. The van der Waals surface area contributed by atoms with Crippen LogP contribution in [0.25, 0.3) is 27.6 Å². The Hall–Kier alpha value is -3.53. The lowest BCUT2D eigenvalue weighted by atomic mass is 9.88. The third-order valence-corrected chi connectivity index (χ3v) is 7.40. The molecule has 8 nitrogen and oxygen atoms in total. The summed E-state index contributed by atoms with van der Waals surface area (Å²) in [4.78, 5) is 9.40. The van der Waals surface area contributed by atoms with Crippen molar-refractivity contribution in [2.24, 2.45) is 17.5 Å². The number of hydrazine groups is 1. The second-order valence-electron chi connectivity index (χ2n) is 10.7. The molecule has 5 N–H and O–H groups in total. The molecule has 1 fully saturated rings. The minimum Gasteiger partial charge on any atom is -0.401 e. The predicted octanol–water partition coefficient (Wildman–Crippen LogP) is 4.42. The molecule has 0 aliphatic carbocycles. The Bertz CT molecular complexity index is 1510. The van der Waals surface area contributed by atoms with Crippen LogP contribution in [0.5, 0.6) is 0 Å². The van der Waals surface area contributed by atoms with Crippen molar-refractivity contribution in [2.75, 3.05) is 20.3 Å². The van der Waals surface area contributed by atoms with Crippen LogP contribution in [0, 0.1) is 11.7 Å². The highest BCUT2D eigenvalue weighted by atomic mass is 19.1. The minimum atomic E-state index is -1.06. The summed E-state index contributed by atoms with van der Waals surface area (Å²) >= 11 is 0. The van der Waals surface area contributed by atoms with Crippen LogP contribution in [0.4, 0.5) is 4.39 Å². The largest absolute Gasteiger partial charge is 0.401 e. The number of ether oxygens (including phenoxy) is 1. The van der Waals surface area contributed by atoms with Crippen molar-refractivity contribution >= 4 is 27.6 Å². The first kappa shape index (κ1) is 26.1. The maximum absolute atomic E-state index is 15.5. The number of aliphatic hydroxyl groups is 1. The van der Waals surface area contributed by atoms with Gasteiger partial charge in [0, 0.05) is 49.3 Å². The van der Waals surface area contributed by atoms with Crippen LogP contribution in [0.3, 0.4) is 0 Å². The zero-order valence-corrected chi connectivity index (χ0v) is 22.3. The van der Waals surface area contributed by atoms with Gasteiger partial charge in [0.2, 0.25) is 0 Å². The van der Waals surface area contributed by atoms with Crippen LogP contribution < -0.4 is 11.6 Å². The third kappa shape index (κ3) is 4.62. The average Bonchev–Trinajstić information content (AvgIpc) is 3.18. The normalized spacial score (nSPS) is 16.6. The number of pyridine rings is 2. The number of allylic oxidation sites excluding steroid dienone is 1. The molecule has 3 aromatic heterocycles. The highest BCUT2D eigenvalue weighted by Crippen LogP contribution is 2.41. The number of halogens is 1. The average molecular weight is 519 g/mol. The molecule has 0 amide bonds. The van der Waals surface area contributed by atoms with Crippen molar-refractivity contribution in [2.45, 2.75) is 45.3 Å².